The highest BCUT2D eigenvalue weighted by molar-refractivity contribution is 9.10. The Hall–Kier alpha value is -2.45. The number of rotatable bonds is 4. The largest absolute Gasteiger partial charge is 0.478 e. The first-order valence-corrected chi connectivity index (χ1v) is 9.00. The second-order valence-electron chi connectivity index (χ2n) is 4.92. The second-order valence-corrected chi connectivity index (χ2v) is 7.66. The summed E-state index contributed by atoms with van der Waals surface area (Å²) in [6, 6.07) is 11.5. The molecule has 24 heavy (non-hydrogen) atoms. The van der Waals surface area contributed by atoms with E-state index >= 15 is 0 Å². The highest BCUT2D eigenvalue weighted by atomic mass is 79.9. The Morgan fingerprint density at radius 3 is 2.46 bits per heavy atom. The first-order chi connectivity index (χ1) is 11.4. The monoisotopic (exact) mass is 406 g/mol. The lowest BCUT2D eigenvalue weighted by molar-refractivity contribution is 0.0697. The number of carbonyl (C=O) groups is 1. The van der Waals surface area contributed by atoms with Crippen LogP contribution in [0.25, 0.3) is 11.3 Å². The third kappa shape index (κ3) is 2.98. The van der Waals surface area contributed by atoms with Crippen molar-refractivity contribution in [3.05, 3.63) is 71.1 Å². The predicted molar refractivity (Wildman–Crippen MR) is 91.3 cm³/mol. The van der Waals surface area contributed by atoms with Crippen molar-refractivity contribution in [1.29, 1.82) is 0 Å². The van der Waals surface area contributed by atoms with Gasteiger partial charge >= 0.3 is 5.97 Å². The summed E-state index contributed by atoms with van der Waals surface area (Å²) in [5.74, 6) is -1.20. The summed E-state index contributed by atoms with van der Waals surface area (Å²) in [7, 11) is -3.99. The first-order valence-electron chi connectivity index (χ1n) is 6.77. The van der Waals surface area contributed by atoms with Gasteiger partial charge in [-0.25, -0.2) is 17.2 Å². The molecule has 8 heteroatoms. The SMILES string of the molecule is O=C(O)c1cc(-c2ccccc2)n(S(=O)(=O)c2cncc(Br)c2)c1. The molecule has 0 radical (unpaired) electrons. The average Bonchev–Trinajstić information content (AvgIpc) is 3.02. The molecule has 0 saturated heterocycles. The topological polar surface area (TPSA) is 89.3 Å². The molecule has 0 aliphatic rings. The minimum Gasteiger partial charge on any atom is -0.478 e. The summed E-state index contributed by atoms with van der Waals surface area (Å²) in [5, 5.41) is 9.22. The van der Waals surface area contributed by atoms with Gasteiger partial charge in [0.15, 0.2) is 0 Å². The van der Waals surface area contributed by atoms with Crippen LogP contribution in [0.1, 0.15) is 10.4 Å². The highest BCUT2D eigenvalue weighted by Gasteiger charge is 2.24. The first kappa shape index (κ1) is 16.4. The van der Waals surface area contributed by atoms with Gasteiger partial charge in [-0.1, -0.05) is 30.3 Å². The van der Waals surface area contributed by atoms with Gasteiger partial charge in [0.1, 0.15) is 4.90 Å². The molecule has 1 aromatic carbocycles. The summed E-state index contributed by atoms with van der Waals surface area (Å²) in [6.07, 6.45) is 3.78. The van der Waals surface area contributed by atoms with Gasteiger partial charge in [0.25, 0.3) is 10.0 Å². The van der Waals surface area contributed by atoms with Gasteiger partial charge in [-0.3, -0.25) is 4.98 Å². The molecular weight excluding hydrogens is 396 g/mol. The Bertz CT molecular complexity index is 1010. The molecular formula is C16H11BrN2O4S. The van der Waals surface area contributed by atoms with Crippen molar-refractivity contribution in [1.82, 2.24) is 8.96 Å². The zero-order chi connectivity index (χ0) is 17.3. The maximum absolute atomic E-state index is 12.9. The fraction of sp³-hybridized carbons (Fsp3) is 0. The number of carboxylic acid groups (broad SMARTS) is 1. The molecule has 0 atom stereocenters. The smallest absolute Gasteiger partial charge is 0.337 e. The van der Waals surface area contributed by atoms with Crippen molar-refractivity contribution in [2.75, 3.05) is 0 Å². The molecule has 0 fully saturated rings. The van der Waals surface area contributed by atoms with Crippen LogP contribution in [0.2, 0.25) is 0 Å². The van der Waals surface area contributed by atoms with E-state index in [4.69, 9.17) is 0 Å². The molecule has 0 unspecified atom stereocenters. The minimum atomic E-state index is -3.99. The number of benzene rings is 1. The molecule has 1 N–H and O–H groups in total. The molecule has 3 rings (SSSR count). The van der Waals surface area contributed by atoms with Gasteiger partial charge in [-0.05, 0) is 33.6 Å². The lowest BCUT2D eigenvalue weighted by Crippen LogP contribution is -2.13. The van der Waals surface area contributed by atoms with Gasteiger partial charge in [0.2, 0.25) is 0 Å². The van der Waals surface area contributed by atoms with Gasteiger partial charge in [0, 0.05) is 23.1 Å². The molecule has 6 nitrogen and oxygen atoms in total. The van der Waals surface area contributed by atoms with E-state index in [0.29, 0.717) is 10.0 Å². The molecule has 122 valence electrons. The van der Waals surface area contributed by atoms with Gasteiger partial charge in [-0.15, -0.1) is 0 Å². The van der Waals surface area contributed by atoms with Crippen molar-refractivity contribution >= 4 is 31.9 Å². The van der Waals surface area contributed by atoms with E-state index in [1.807, 2.05) is 0 Å². The quantitative estimate of drug-likeness (QED) is 0.717. The van der Waals surface area contributed by atoms with Crippen LogP contribution in [0, 0.1) is 0 Å². The fourth-order valence-electron chi connectivity index (χ4n) is 2.23. The average molecular weight is 407 g/mol. The van der Waals surface area contributed by atoms with Crippen LogP contribution in [-0.2, 0) is 10.0 Å². The van der Waals surface area contributed by atoms with Crippen LogP contribution >= 0.6 is 15.9 Å². The molecule has 0 amide bonds. The van der Waals surface area contributed by atoms with E-state index in [0.717, 1.165) is 10.2 Å². The summed E-state index contributed by atoms with van der Waals surface area (Å²) < 4.78 is 27.3. The van der Waals surface area contributed by atoms with Crippen LogP contribution in [0.3, 0.4) is 0 Å². The van der Waals surface area contributed by atoms with Crippen molar-refractivity contribution in [3.63, 3.8) is 0 Å². The molecule has 0 aliphatic carbocycles. The molecule has 0 aliphatic heterocycles. The zero-order valence-electron chi connectivity index (χ0n) is 12.1. The van der Waals surface area contributed by atoms with Crippen molar-refractivity contribution in [2.45, 2.75) is 4.90 Å². The number of hydrogen-bond acceptors (Lipinski definition) is 4. The molecule has 0 bridgehead atoms. The van der Waals surface area contributed by atoms with Crippen LogP contribution in [0.15, 0.2) is 70.4 Å². The van der Waals surface area contributed by atoms with Crippen molar-refractivity contribution in [2.24, 2.45) is 0 Å². The summed E-state index contributed by atoms with van der Waals surface area (Å²) >= 11 is 3.19. The number of nitrogens with zero attached hydrogens (tertiary/aromatic N) is 2. The molecule has 2 heterocycles. The lowest BCUT2D eigenvalue weighted by Gasteiger charge is -2.10. The number of pyridine rings is 1. The summed E-state index contributed by atoms with van der Waals surface area (Å²) in [6.45, 7) is 0. The van der Waals surface area contributed by atoms with Crippen LogP contribution in [-0.4, -0.2) is 28.5 Å². The van der Waals surface area contributed by atoms with Crippen LogP contribution in [0.5, 0.6) is 0 Å². The molecule has 0 saturated carbocycles. The Morgan fingerprint density at radius 2 is 1.83 bits per heavy atom. The van der Waals surface area contributed by atoms with E-state index in [1.54, 1.807) is 30.3 Å². The van der Waals surface area contributed by atoms with Crippen LogP contribution < -0.4 is 0 Å². The molecule has 0 spiro atoms. The third-order valence-corrected chi connectivity index (χ3v) is 5.41. The van der Waals surface area contributed by atoms with E-state index in [1.165, 1.54) is 24.5 Å². The van der Waals surface area contributed by atoms with E-state index in [2.05, 4.69) is 20.9 Å². The molecule has 2 aromatic heterocycles. The number of hydrogen-bond donors (Lipinski definition) is 1. The zero-order valence-corrected chi connectivity index (χ0v) is 14.5. The van der Waals surface area contributed by atoms with Crippen LogP contribution in [0.4, 0.5) is 0 Å². The van der Waals surface area contributed by atoms with E-state index in [9.17, 15) is 18.3 Å². The fourth-order valence-corrected chi connectivity index (χ4v) is 4.11. The highest BCUT2D eigenvalue weighted by Crippen LogP contribution is 2.27. The maximum atomic E-state index is 12.9. The number of aromatic carboxylic acids is 1. The van der Waals surface area contributed by atoms with Crippen molar-refractivity contribution in [3.8, 4) is 11.3 Å². The van der Waals surface area contributed by atoms with E-state index in [-0.39, 0.29) is 16.2 Å². The number of aromatic nitrogens is 2. The number of halogens is 1. The van der Waals surface area contributed by atoms with Gasteiger partial charge < -0.3 is 5.11 Å². The Morgan fingerprint density at radius 1 is 1.12 bits per heavy atom. The second kappa shape index (κ2) is 6.21. The normalized spacial score (nSPS) is 11.4. The van der Waals surface area contributed by atoms with Gasteiger partial charge in [0.05, 0.1) is 11.3 Å². The van der Waals surface area contributed by atoms with Gasteiger partial charge in [-0.2, -0.15) is 0 Å². The van der Waals surface area contributed by atoms with Crippen molar-refractivity contribution < 1.29 is 18.3 Å². The third-order valence-electron chi connectivity index (χ3n) is 3.34. The summed E-state index contributed by atoms with van der Waals surface area (Å²) in [4.78, 5) is 15.1. The Kier molecular flexibility index (Phi) is 4.25. The molecule has 3 aromatic rings. The minimum absolute atomic E-state index is 0.0402. The number of carboxylic acids is 1. The Balaban J connectivity index is 2.25. The summed E-state index contributed by atoms with van der Waals surface area (Å²) in [5.41, 5.74) is 0.755. The Labute approximate surface area is 146 Å². The van der Waals surface area contributed by atoms with E-state index < -0.39 is 16.0 Å². The lowest BCUT2D eigenvalue weighted by atomic mass is 10.1. The predicted octanol–water partition coefficient (Wildman–Crippen LogP) is 3.25. The standard InChI is InChI=1S/C16H11BrN2O4S/c17-13-7-14(9-18-8-13)24(22,23)19-10-12(16(20)21)6-15(19)11-4-2-1-3-5-11/h1-10H,(H,20,21). The maximum Gasteiger partial charge on any atom is 0.337 e.